The van der Waals surface area contributed by atoms with E-state index in [1.165, 1.54) is 83.1 Å². The lowest BCUT2D eigenvalue weighted by molar-refractivity contribution is -0.142. The van der Waals surface area contributed by atoms with Gasteiger partial charge in [-0.05, 0) is 72.8 Å². The van der Waals surface area contributed by atoms with Gasteiger partial charge in [0, 0.05) is 197 Å². The zero-order chi connectivity index (χ0) is 97.3. The highest BCUT2D eigenvalue weighted by Crippen LogP contribution is 2.26. The average Bonchev–Trinajstić information content (AvgIpc) is 0.935. The van der Waals surface area contributed by atoms with Crippen LogP contribution in [0.2, 0.25) is 0 Å². The molecule has 132 heavy (non-hydrogen) atoms. The Labute approximate surface area is 772 Å². The molecule has 0 spiro atoms. The maximum Gasteiger partial charge on any atom is 0.302 e. The van der Waals surface area contributed by atoms with Gasteiger partial charge in [0.1, 0.15) is 69.0 Å². The Kier molecular flexibility index (Phi) is 69.4. The topological polar surface area (TPSA) is 426 Å². The fourth-order valence-electron chi connectivity index (χ4n) is 9.50. The first-order chi connectivity index (χ1) is 63.5. The van der Waals surface area contributed by atoms with E-state index in [9.17, 15) is 57.5 Å². The first-order valence-corrected chi connectivity index (χ1v) is 43.2. The molecule has 0 aliphatic carbocycles. The molecule has 0 aliphatic heterocycles. The van der Waals surface area contributed by atoms with Crippen LogP contribution in [0.5, 0.6) is 69.0 Å². The lowest BCUT2D eigenvalue weighted by Gasteiger charge is -2.09. The molecular weight excluding hydrogens is 1730 g/mol. The molecule has 0 atom stereocenters. The molecular formula is C96H132O36. The molecule has 0 heterocycles. The molecule has 0 aromatic heterocycles. The Morgan fingerprint density at radius 1 is 0.136 bits per heavy atom. The maximum absolute atomic E-state index is 10.6. The summed E-state index contributed by atoms with van der Waals surface area (Å²) in [5.41, 5.74) is 0. The monoisotopic (exact) mass is 1860 g/mol. The van der Waals surface area contributed by atoms with E-state index in [1.54, 1.807) is 36.4 Å². The SMILES string of the molecule is CC(=O)OCCCOc1cccc(OCCCOC(C)=O)c1.CC(=O)OCCCOc1cccc(OCCCOC(C)=O)c1.CC(=O)OCCCOc1cccc(OCCCOC(C)=O)c1.CC(=O)OCCCOc1cccc(OCCCOC(C)=O)c1.CC(=O)OCCCOc1cccc(OCCCOC(C)=O)c1.CC(=O)OCCCOc1cccc(OCCCOC(C)=O)c1. The van der Waals surface area contributed by atoms with Crippen molar-refractivity contribution in [2.45, 2.75) is 160 Å². The van der Waals surface area contributed by atoms with Crippen LogP contribution in [-0.2, 0) is 114 Å². The summed E-state index contributed by atoms with van der Waals surface area (Å²) >= 11 is 0. The third-order valence-electron chi connectivity index (χ3n) is 15.2. The predicted molar refractivity (Wildman–Crippen MR) is 480 cm³/mol. The van der Waals surface area contributed by atoms with Crippen LogP contribution in [0.3, 0.4) is 0 Å². The van der Waals surface area contributed by atoms with Crippen molar-refractivity contribution in [2.75, 3.05) is 159 Å². The number of carbonyl (C=O) groups excluding carboxylic acids is 12. The molecule has 0 amide bonds. The van der Waals surface area contributed by atoms with Crippen molar-refractivity contribution in [3.8, 4) is 69.0 Å². The van der Waals surface area contributed by atoms with E-state index < -0.39 is 0 Å². The first kappa shape index (κ1) is 117. The molecule has 36 heteroatoms. The third-order valence-corrected chi connectivity index (χ3v) is 15.2. The van der Waals surface area contributed by atoms with Gasteiger partial charge in [-0.3, -0.25) is 57.5 Å². The fourth-order valence-corrected chi connectivity index (χ4v) is 9.50. The normalized spacial score (nSPS) is 9.91. The Hall–Kier alpha value is -13.4. The van der Waals surface area contributed by atoms with E-state index in [-0.39, 0.29) is 71.6 Å². The lowest BCUT2D eigenvalue weighted by Crippen LogP contribution is -2.07. The van der Waals surface area contributed by atoms with E-state index >= 15 is 0 Å². The number of rotatable bonds is 60. The Morgan fingerprint density at radius 3 is 0.280 bits per heavy atom. The molecule has 6 rings (SSSR count). The van der Waals surface area contributed by atoms with Crippen LogP contribution < -0.4 is 56.8 Å². The van der Waals surface area contributed by atoms with Gasteiger partial charge in [0.2, 0.25) is 0 Å². The van der Waals surface area contributed by atoms with Gasteiger partial charge in [0.15, 0.2) is 0 Å². The van der Waals surface area contributed by atoms with Gasteiger partial charge < -0.3 is 114 Å². The molecule has 6 aromatic carbocycles. The molecule has 6 aromatic rings. The average molecular weight is 1860 g/mol. The summed E-state index contributed by atoms with van der Waals surface area (Å²) in [6.07, 6.45) is 7.58. The first-order valence-electron chi connectivity index (χ1n) is 43.2. The van der Waals surface area contributed by atoms with Crippen molar-refractivity contribution in [3.05, 3.63) is 146 Å². The minimum absolute atomic E-state index is 0.288. The highest BCUT2D eigenvalue weighted by atomic mass is 16.6. The van der Waals surface area contributed by atoms with E-state index in [0.717, 1.165) is 0 Å². The zero-order valence-electron chi connectivity index (χ0n) is 78.0. The Bertz CT molecular complexity index is 3270. The van der Waals surface area contributed by atoms with Gasteiger partial charge >= 0.3 is 71.6 Å². The van der Waals surface area contributed by atoms with E-state index in [4.69, 9.17) is 114 Å². The summed E-state index contributed by atoms with van der Waals surface area (Å²) < 4.78 is 124. The van der Waals surface area contributed by atoms with Crippen LogP contribution in [0.25, 0.3) is 0 Å². The second-order valence-corrected chi connectivity index (χ2v) is 27.4. The highest BCUT2D eigenvalue weighted by Gasteiger charge is 2.09. The highest BCUT2D eigenvalue weighted by molar-refractivity contribution is 5.69. The van der Waals surface area contributed by atoms with Crippen molar-refractivity contribution < 1.29 is 171 Å². The number of hydrogen-bond donors (Lipinski definition) is 0. The van der Waals surface area contributed by atoms with Crippen molar-refractivity contribution in [1.82, 2.24) is 0 Å². The van der Waals surface area contributed by atoms with Gasteiger partial charge in [-0.25, -0.2) is 0 Å². The third kappa shape index (κ3) is 76.6. The molecule has 732 valence electrons. The van der Waals surface area contributed by atoms with Gasteiger partial charge in [-0.2, -0.15) is 0 Å². The number of esters is 12. The van der Waals surface area contributed by atoms with Crippen LogP contribution >= 0.6 is 0 Å². The molecule has 0 N–H and O–H groups in total. The van der Waals surface area contributed by atoms with Gasteiger partial charge in [0.25, 0.3) is 0 Å². The Balaban J connectivity index is 0.000000792. The summed E-state index contributed by atoms with van der Waals surface area (Å²) in [5.74, 6) is 4.88. The molecule has 0 unspecified atom stereocenters. The second-order valence-electron chi connectivity index (χ2n) is 27.4. The maximum atomic E-state index is 10.6. The number of carbonyl (C=O) groups is 12. The Morgan fingerprint density at radius 2 is 0.212 bits per heavy atom. The summed E-state index contributed by atoms with van der Waals surface area (Å²) in [6.45, 7) is 26.3. The molecule has 0 saturated carbocycles. The molecule has 0 radical (unpaired) electrons. The molecule has 0 saturated heterocycles. The summed E-state index contributed by atoms with van der Waals surface area (Å²) in [6, 6.07) is 43.7. The zero-order valence-corrected chi connectivity index (χ0v) is 78.0. The second kappa shape index (κ2) is 78.6. The van der Waals surface area contributed by atoms with Crippen molar-refractivity contribution >= 4 is 71.6 Å². The summed E-state index contributed by atoms with van der Waals surface area (Å²) in [5, 5.41) is 0. The van der Waals surface area contributed by atoms with Crippen LogP contribution in [0.4, 0.5) is 0 Å². The van der Waals surface area contributed by atoms with Crippen molar-refractivity contribution in [2.24, 2.45) is 0 Å². The standard InChI is InChI=1S/6C16H22O6/c6*1-13(17)19-8-4-10-21-15-6-3-7-16(12-15)22-11-5-9-20-14(2)18/h6*3,6-7,12H,4-5,8-11H2,1-2H3. The van der Waals surface area contributed by atoms with E-state index in [2.05, 4.69) is 0 Å². The van der Waals surface area contributed by atoms with Crippen molar-refractivity contribution in [3.63, 3.8) is 0 Å². The van der Waals surface area contributed by atoms with Crippen LogP contribution in [0.15, 0.2) is 146 Å². The fraction of sp³-hybridized carbons (Fsp3) is 0.500. The molecule has 0 bridgehead atoms. The number of ether oxygens (including phenoxy) is 24. The quantitative estimate of drug-likeness (QED) is 0.0194. The van der Waals surface area contributed by atoms with E-state index in [0.29, 0.717) is 305 Å². The van der Waals surface area contributed by atoms with Crippen LogP contribution in [-0.4, -0.2) is 230 Å². The van der Waals surface area contributed by atoms with Crippen LogP contribution in [0.1, 0.15) is 160 Å². The number of hydrogen-bond acceptors (Lipinski definition) is 36. The van der Waals surface area contributed by atoms with Crippen LogP contribution in [0, 0.1) is 0 Å². The molecule has 36 nitrogen and oxygen atoms in total. The predicted octanol–water partition coefficient (Wildman–Crippen LogP) is 14.1. The minimum atomic E-state index is -0.288. The smallest absolute Gasteiger partial charge is 0.302 e. The largest absolute Gasteiger partial charge is 0.493 e. The lowest BCUT2D eigenvalue weighted by atomic mass is 10.3. The summed E-state index contributed by atoms with van der Waals surface area (Å²) in [4.78, 5) is 127. The summed E-state index contributed by atoms with van der Waals surface area (Å²) in [7, 11) is 0. The van der Waals surface area contributed by atoms with Gasteiger partial charge in [0.05, 0.1) is 159 Å². The minimum Gasteiger partial charge on any atom is -0.493 e. The van der Waals surface area contributed by atoms with Crippen molar-refractivity contribution in [1.29, 1.82) is 0 Å². The van der Waals surface area contributed by atoms with Gasteiger partial charge in [-0.15, -0.1) is 0 Å². The molecule has 0 aliphatic rings. The van der Waals surface area contributed by atoms with E-state index in [1.807, 2.05) is 109 Å². The number of benzene rings is 6. The molecule has 0 fully saturated rings. The van der Waals surface area contributed by atoms with Gasteiger partial charge in [-0.1, -0.05) is 36.4 Å².